The number of benzene rings is 1. The molecule has 0 saturated heterocycles. The second-order valence-corrected chi connectivity index (χ2v) is 6.33. The topological polar surface area (TPSA) is 73.8 Å². The molecular weight excluding hydrogens is 307 g/mol. The Balaban J connectivity index is 1.65. The third kappa shape index (κ3) is 2.97. The Morgan fingerprint density at radius 3 is 2.75 bits per heavy atom. The molecule has 2 heterocycles. The SMILES string of the molecule is OC1CCC(Nc2ncnc3[nH]c(-c4cccc(F)c4)cc23)CC1. The molecule has 1 saturated carbocycles. The van der Waals surface area contributed by atoms with Gasteiger partial charge in [0.2, 0.25) is 0 Å². The predicted octanol–water partition coefficient (Wildman–Crippen LogP) is 3.48. The first-order valence-corrected chi connectivity index (χ1v) is 8.23. The van der Waals surface area contributed by atoms with Gasteiger partial charge in [0.1, 0.15) is 23.6 Å². The third-order valence-electron chi connectivity index (χ3n) is 4.60. The van der Waals surface area contributed by atoms with Crippen molar-refractivity contribution >= 4 is 16.9 Å². The Hall–Kier alpha value is -2.47. The molecule has 3 N–H and O–H groups in total. The minimum atomic E-state index is -0.267. The van der Waals surface area contributed by atoms with E-state index in [4.69, 9.17) is 0 Å². The van der Waals surface area contributed by atoms with Gasteiger partial charge in [0.15, 0.2) is 0 Å². The number of nitrogens with one attached hydrogen (secondary N) is 2. The molecule has 4 rings (SSSR count). The molecule has 5 nitrogen and oxygen atoms in total. The lowest BCUT2D eigenvalue weighted by atomic mass is 9.93. The molecule has 1 aromatic carbocycles. The summed E-state index contributed by atoms with van der Waals surface area (Å²) in [5.74, 6) is 0.511. The number of fused-ring (bicyclic) bond motifs is 1. The van der Waals surface area contributed by atoms with Crippen LogP contribution in [0.2, 0.25) is 0 Å². The van der Waals surface area contributed by atoms with Crippen molar-refractivity contribution in [2.24, 2.45) is 0 Å². The number of rotatable bonds is 3. The lowest BCUT2D eigenvalue weighted by Gasteiger charge is -2.26. The number of hydrogen-bond acceptors (Lipinski definition) is 4. The molecule has 0 unspecified atom stereocenters. The first-order valence-electron chi connectivity index (χ1n) is 8.23. The van der Waals surface area contributed by atoms with Crippen molar-refractivity contribution in [2.75, 3.05) is 5.32 Å². The molecule has 0 amide bonds. The second-order valence-electron chi connectivity index (χ2n) is 6.33. The number of aromatic nitrogens is 3. The van der Waals surface area contributed by atoms with Crippen molar-refractivity contribution in [3.8, 4) is 11.3 Å². The highest BCUT2D eigenvalue weighted by Gasteiger charge is 2.20. The van der Waals surface area contributed by atoms with Crippen molar-refractivity contribution in [1.82, 2.24) is 15.0 Å². The van der Waals surface area contributed by atoms with E-state index >= 15 is 0 Å². The summed E-state index contributed by atoms with van der Waals surface area (Å²) in [7, 11) is 0. The minimum Gasteiger partial charge on any atom is -0.393 e. The summed E-state index contributed by atoms with van der Waals surface area (Å²) in [5, 5.41) is 14.0. The van der Waals surface area contributed by atoms with Gasteiger partial charge in [-0.25, -0.2) is 14.4 Å². The molecule has 3 aromatic rings. The summed E-state index contributed by atoms with van der Waals surface area (Å²) < 4.78 is 13.5. The molecule has 0 radical (unpaired) electrons. The monoisotopic (exact) mass is 326 g/mol. The van der Waals surface area contributed by atoms with E-state index in [0.717, 1.165) is 53.8 Å². The van der Waals surface area contributed by atoms with E-state index in [9.17, 15) is 9.50 Å². The third-order valence-corrected chi connectivity index (χ3v) is 4.60. The van der Waals surface area contributed by atoms with Crippen molar-refractivity contribution in [1.29, 1.82) is 0 Å². The summed E-state index contributed by atoms with van der Waals surface area (Å²) in [6, 6.07) is 8.72. The molecule has 0 atom stereocenters. The fraction of sp³-hybridized carbons (Fsp3) is 0.333. The maximum Gasteiger partial charge on any atom is 0.143 e. The van der Waals surface area contributed by atoms with Crippen LogP contribution >= 0.6 is 0 Å². The smallest absolute Gasteiger partial charge is 0.143 e. The van der Waals surface area contributed by atoms with Gasteiger partial charge in [-0.2, -0.15) is 0 Å². The number of nitrogens with zero attached hydrogens (tertiary/aromatic N) is 2. The molecule has 124 valence electrons. The van der Waals surface area contributed by atoms with Crippen LogP contribution in [0.25, 0.3) is 22.3 Å². The Kier molecular flexibility index (Phi) is 3.90. The van der Waals surface area contributed by atoms with Gasteiger partial charge in [-0.1, -0.05) is 12.1 Å². The van der Waals surface area contributed by atoms with Gasteiger partial charge in [-0.15, -0.1) is 0 Å². The lowest BCUT2D eigenvalue weighted by molar-refractivity contribution is 0.126. The fourth-order valence-electron chi connectivity index (χ4n) is 3.28. The molecule has 1 aliphatic rings. The maximum absolute atomic E-state index is 13.5. The number of halogens is 1. The largest absolute Gasteiger partial charge is 0.393 e. The predicted molar refractivity (Wildman–Crippen MR) is 91.2 cm³/mol. The van der Waals surface area contributed by atoms with E-state index in [1.807, 2.05) is 12.1 Å². The number of hydrogen-bond donors (Lipinski definition) is 3. The van der Waals surface area contributed by atoms with Crippen LogP contribution < -0.4 is 5.32 Å². The Bertz CT molecular complexity index is 855. The number of aliphatic hydroxyl groups excluding tert-OH is 1. The molecule has 1 aliphatic carbocycles. The quantitative estimate of drug-likeness (QED) is 0.689. The van der Waals surface area contributed by atoms with Crippen molar-refractivity contribution in [3.05, 3.63) is 42.5 Å². The van der Waals surface area contributed by atoms with Gasteiger partial charge < -0.3 is 15.4 Å². The zero-order valence-electron chi connectivity index (χ0n) is 13.2. The van der Waals surface area contributed by atoms with E-state index in [1.54, 1.807) is 6.07 Å². The van der Waals surface area contributed by atoms with Gasteiger partial charge in [0.25, 0.3) is 0 Å². The van der Waals surface area contributed by atoms with E-state index in [1.165, 1.54) is 18.5 Å². The summed E-state index contributed by atoms with van der Waals surface area (Å²) in [6.45, 7) is 0. The van der Waals surface area contributed by atoms with Crippen molar-refractivity contribution in [3.63, 3.8) is 0 Å². The van der Waals surface area contributed by atoms with Crippen LogP contribution in [-0.2, 0) is 0 Å². The highest BCUT2D eigenvalue weighted by Crippen LogP contribution is 2.29. The van der Waals surface area contributed by atoms with Gasteiger partial charge in [-0.05, 0) is 43.9 Å². The Morgan fingerprint density at radius 1 is 1.12 bits per heavy atom. The summed E-state index contributed by atoms with van der Waals surface area (Å²) in [4.78, 5) is 11.9. The van der Waals surface area contributed by atoms with Crippen molar-refractivity contribution in [2.45, 2.75) is 37.8 Å². The summed E-state index contributed by atoms with van der Waals surface area (Å²) in [5.41, 5.74) is 2.31. The van der Waals surface area contributed by atoms with Crippen LogP contribution in [0.15, 0.2) is 36.7 Å². The first kappa shape index (κ1) is 15.1. The van der Waals surface area contributed by atoms with E-state index < -0.39 is 0 Å². The van der Waals surface area contributed by atoms with Gasteiger partial charge in [-0.3, -0.25) is 0 Å². The number of anilines is 1. The van der Waals surface area contributed by atoms with Crippen LogP contribution in [0, 0.1) is 5.82 Å². The molecule has 0 spiro atoms. The standard InChI is InChI=1S/C18H19FN4O/c19-12-3-1-2-11(8-12)16-9-15-17(20-10-21-18(15)23-16)22-13-4-6-14(24)7-5-13/h1-3,8-10,13-14,24H,4-7H2,(H2,20,21,22,23). The molecule has 24 heavy (non-hydrogen) atoms. The molecule has 0 aliphatic heterocycles. The van der Waals surface area contributed by atoms with Gasteiger partial charge in [0.05, 0.1) is 11.5 Å². The summed E-state index contributed by atoms with van der Waals surface area (Å²) in [6.07, 6.45) is 4.82. The molecule has 2 aromatic heterocycles. The molecular formula is C18H19FN4O. The highest BCUT2D eigenvalue weighted by atomic mass is 19.1. The van der Waals surface area contributed by atoms with Gasteiger partial charge in [0, 0.05) is 17.3 Å². The number of aromatic amines is 1. The minimum absolute atomic E-state index is 0.180. The zero-order chi connectivity index (χ0) is 16.5. The van der Waals surface area contributed by atoms with Crippen LogP contribution in [0.1, 0.15) is 25.7 Å². The molecule has 1 fully saturated rings. The van der Waals surface area contributed by atoms with Gasteiger partial charge >= 0.3 is 0 Å². The Labute approximate surface area is 139 Å². The summed E-state index contributed by atoms with van der Waals surface area (Å²) >= 11 is 0. The average molecular weight is 326 g/mol. The molecule has 0 bridgehead atoms. The number of aliphatic hydroxyl groups is 1. The zero-order valence-corrected chi connectivity index (χ0v) is 13.2. The normalized spacial score (nSPS) is 21.1. The maximum atomic E-state index is 13.5. The van der Waals surface area contributed by atoms with Crippen LogP contribution in [-0.4, -0.2) is 32.2 Å². The van der Waals surface area contributed by atoms with Crippen LogP contribution in [0.4, 0.5) is 10.2 Å². The number of H-pyrrole nitrogens is 1. The molecule has 6 heteroatoms. The van der Waals surface area contributed by atoms with E-state index in [0.29, 0.717) is 6.04 Å². The Morgan fingerprint density at radius 2 is 1.96 bits per heavy atom. The highest BCUT2D eigenvalue weighted by molar-refractivity contribution is 5.91. The van der Waals surface area contributed by atoms with Crippen LogP contribution in [0.5, 0.6) is 0 Å². The van der Waals surface area contributed by atoms with Crippen LogP contribution in [0.3, 0.4) is 0 Å². The fourth-order valence-corrected chi connectivity index (χ4v) is 3.28. The van der Waals surface area contributed by atoms with Crippen molar-refractivity contribution < 1.29 is 9.50 Å². The van der Waals surface area contributed by atoms with E-state index in [2.05, 4.69) is 20.3 Å². The average Bonchev–Trinajstić information content (AvgIpc) is 3.02. The first-order chi connectivity index (χ1) is 11.7. The lowest BCUT2D eigenvalue weighted by Crippen LogP contribution is -2.28. The second kappa shape index (κ2) is 6.20. The van der Waals surface area contributed by atoms with E-state index in [-0.39, 0.29) is 11.9 Å².